The molecule has 1 heterocycles. The van der Waals surface area contributed by atoms with Crippen LogP contribution in [0.4, 0.5) is 0 Å². The van der Waals surface area contributed by atoms with Gasteiger partial charge in [-0.25, -0.2) is 4.98 Å². The molecule has 0 radical (unpaired) electrons. The summed E-state index contributed by atoms with van der Waals surface area (Å²) >= 11 is 1.47. The number of aromatic amines is 1. The summed E-state index contributed by atoms with van der Waals surface area (Å²) in [4.78, 5) is 19.1. The third-order valence-electron chi connectivity index (χ3n) is 2.89. The molecular weight excluding hydrogens is 278 g/mol. The fourth-order valence-corrected chi connectivity index (χ4v) is 2.71. The average Bonchev–Trinajstić information content (AvgIpc) is 2.89. The van der Waals surface area contributed by atoms with Gasteiger partial charge in [-0.3, -0.25) is 4.79 Å². The van der Waals surface area contributed by atoms with E-state index >= 15 is 0 Å². The van der Waals surface area contributed by atoms with Crippen LogP contribution in [0.1, 0.15) is 0 Å². The van der Waals surface area contributed by atoms with E-state index < -0.39 is 0 Å². The summed E-state index contributed by atoms with van der Waals surface area (Å²) in [5.74, 6) is 1.04. The molecule has 2 rings (SSSR count). The summed E-state index contributed by atoms with van der Waals surface area (Å²) < 4.78 is 9.89. The van der Waals surface area contributed by atoms with Crippen LogP contribution in [0.25, 0.3) is 11.0 Å². The molecule has 0 aliphatic rings. The number of likely N-dealkylation sites (N-methyl/N-ethyl adjacent to an activating group) is 1. The predicted molar refractivity (Wildman–Crippen MR) is 78.2 cm³/mol. The van der Waals surface area contributed by atoms with Crippen LogP contribution >= 0.6 is 11.8 Å². The minimum Gasteiger partial charge on any atom is -0.497 e. The van der Waals surface area contributed by atoms with Crippen LogP contribution in [0.5, 0.6) is 5.75 Å². The molecule has 0 fully saturated rings. The molecule has 1 unspecified atom stereocenters. The van der Waals surface area contributed by atoms with Gasteiger partial charge >= 0.3 is 5.97 Å². The first kappa shape index (κ1) is 14.7. The number of fused-ring (bicyclic) bond motifs is 1. The first-order valence-corrected chi connectivity index (χ1v) is 7.08. The lowest BCUT2D eigenvalue weighted by Gasteiger charge is -2.11. The zero-order valence-electron chi connectivity index (χ0n) is 11.6. The molecule has 20 heavy (non-hydrogen) atoms. The van der Waals surface area contributed by atoms with Gasteiger partial charge in [-0.15, -0.1) is 0 Å². The monoisotopic (exact) mass is 295 g/mol. The van der Waals surface area contributed by atoms with Crippen molar-refractivity contribution in [2.75, 3.05) is 27.0 Å². The number of esters is 1. The molecule has 108 valence electrons. The van der Waals surface area contributed by atoms with Gasteiger partial charge in [0.2, 0.25) is 0 Å². The zero-order valence-corrected chi connectivity index (χ0v) is 12.4. The Labute approximate surface area is 121 Å². The topological polar surface area (TPSA) is 76.2 Å². The molecule has 2 aromatic rings. The zero-order chi connectivity index (χ0) is 14.5. The Bertz CT molecular complexity index is 600. The van der Waals surface area contributed by atoms with Gasteiger partial charge in [0, 0.05) is 11.8 Å². The molecule has 0 saturated carbocycles. The number of rotatable bonds is 6. The minimum absolute atomic E-state index is 0.280. The van der Waals surface area contributed by atoms with Gasteiger partial charge in [-0.1, -0.05) is 11.8 Å². The third-order valence-corrected chi connectivity index (χ3v) is 3.85. The standard InChI is InChI=1S/C13H17N3O3S/c1-14-11(12(17)19-3)7-20-13-15-9-5-4-8(18-2)6-10(9)16-13/h4-6,11,14H,7H2,1-3H3,(H,15,16). The molecule has 0 saturated heterocycles. The Morgan fingerprint density at radius 1 is 1.50 bits per heavy atom. The normalized spacial score (nSPS) is 12.3. The lowest BCUT2D eigenvalue weighted by atomic mass is 10.3. The number of H-pyrrole nitrogens is 1. The second-order valence-corrected chi connectivity index (χ2v) is 5.11. The number of hydrogen-bond donors (Lipinski definition) is 2. The number of nitrogens with zero attached hydrogens (tertiary/aromatic N) is 1. The first-order valence-electron chi connectivity index (χ1n) is 6.09. The summed E-state index contributed by atoms with van der Waals surface area (Å²) in [6.07, 6.45) is 0. The Balaban J connectivity index is 2.08. The van der Waals surface area contributed by atoms with Crippen LogP contribution in [0.15, 0.2) is 23.4 Å². The summed E-state index contributed by atoms with van der Waals surface area (Å²) in [6.45, 7) is 0. The first-order chi connectivity index (χ1) is 9.67. The van der Waals surface area contributed by atoms with Crippen LogP contribution in [0.2, 0.25) is 0 Å². The van der Waals surface area contributed by atoms with E-state index in [0.29, 0.717) is 5.75 Å². The minimum atomic E-state index is -0.354. The van der Waals surface area contributed by atoms with Crippen LogP contribution in [0.3, 0.4) is 0 Å². The summed E-state index contributed by atoms with van der Waals surface area (Å²) in [5, 5.41) is 3.68. The van der Waals surface area contributed by atoms with E-state index in [2.05, 4.69) is 15.3 Å². The highest BCUT2D eigenvalue weighted by Gasteiger charge is 2.17. The Morgan fingerprint density at radius 2 is 2.30 bits per heavy atom. The molecule has 1 aromatic carbocycles. The predicted octanol–water partition coefficient (Wildman–Crippen LogP) is 1.42. The van der Waals surface area contributed by atoms with Crippen molar-refractivity contribution < 1.29 is 14.3 Å². The molecule has 1 atom stereocenters. The van der Waals surface area contributed by atoms with Crippen LogP contribution < -0.4 is 10.1 Å². The smallest absolute Gasteiger partial charge is 0.323 e. The molecule has 0 amide bonds. The number of hydrogen-bond acceptors (Lipinski definition) is 6. The highest BCUT2D eigenvalue weighted by molar-refractivity contribution is 7.99. The Kier molecular flexibility index (Phi) is 4.86. The van der Waals surface area contributed by atoms with Crippen molar-refractivity contribution in [2.24, 2.45) is 0 Å². The second kappa shape index (κ2) is 6.62. The van der Waals surface area contributed by atoms with Crippen molar-refractivity contribution in [3.8, 4) is 5.75 Å². The Morgan fingerprint density at radius 3 is 2.95 bits per heavy atom. The molecule has 1 aromatic heterocycles. The number of thioether (sulfide) groups is 1. The van der Waals surface area contributed by atoms with E-state index in [-0.39, 0.29) is 12.0 Å². The third kappa shape index (κ3) is 3.23. The van der Waals surface area contributed by atoms with Crippen LogP contribution in [-0.2, 0) is 9.53 Å². The van der Waals surface area contributed by atoms with Gasteiger partial charge in [-0.05, 0) is 19.2 Å². The van der Waals surface area contributed by atoms with Crippen molar-refractivity contribution in [1.82, 2.24) is 15.3 Å². The fraction of sp³-hybridized carbons (Fsp3) is 0.385. The second-order valence-electron chi connectivity index (χ2n) is 4.10. The number of nitrogens with one attached hydrogen (secondary N) is 2. The number of carbonyl (C=O) groups is 1. The largest absolute Gasteiger partial charge is 0.497 e. The lowest BCUT2D eigenvalue weighted by molar-refractivity contribution is -0.142. The van der Waals surface area contributed by atoms with Crippen LogP contribution in [0, 0.1) is 0 Å². The number of aromatic nitrogens is 2. The van der Waals surface area contributed by atoms with Gasteiger partial charge in [0.25, 0.3) is 0 Å². The van der Waals surface area contributed by atoms with Crippen molar-refractivity contribution in [2.45, 2.75) is 11.2 Å². The van der Waals surface area contributed by atoms with Gasteiger partial charge < -0.3 is 19.8 Å². The number of carbonyl (C=O) groups excluding carboxylic acids is 1. The Hall–Kier alpha value is -1.73. The number of methoxy groups -OCH3 is 2. The van der Waals surface area contributed by atoms with Gasteiger partial charge in [0.15, 0.2) is 5.16 Å². The molecule has 0 bridgehead atoms. The van der Waals surface area contributed by atoms with Gasteiger partial charge in [0.05, 0.1) is 25.3 Å². The maximum Gasteiger partial charge on any atom is 0.323 e. The summed E-state index contributed by atoms with van der Waals surface area (Å²) in [6, 6.07) is 5.29. The van der Waals surface area contributed by atoms with E-state index in [9.17, 15) is 4.79 Å². The highest BCUT2D eigenvalue weighted by atomic mass is 32.2. The van der Waals surface area contributed by atoms with Crippen molar-refractivity contribution in [1.29, 1.82) is 0 Å². The molecule has 0 spiro atoms. The maximum atomic E-state index is 11.5. The number of benzene rings is 1. The molecule has 0 aliphatic carbocycles. The van der Waals surface area contributed by atoms with E-state index in [1.807, 2.05) is 18.2 Å². The fourth-order valence-electron chi connectivity index (χ4n) is 1.73. The molecule has 2 N–H and O–H groups in total. The molecule has 7 heteroatoms. The highest BCUT2D eigenvalue weighted by Crippen LogP contribution is 2.23. The lowest BCUT2D eigenvalue weighted by Crippen LogP contribution is -2.37. The summed E-state index contributed by atoms with van der Waals surface area (Å²) in [7, 11) is 4.73. The number of ether oxygens (including phenoxy) is 2. The summed E-state index contributed by atoms with van der Waals surface area (Å²) in [5.41, 5.74) is 1.78. The number of imidazole rings is 1. The van der Waals surface area contributed by atoms with E-state index in [1.165, 1.54) is 18.9 Å². The SMILES string of the molecule is CNC(CSc1nc2ccc(OC)cc2[nH]1)C(=O)OC. The maximum absolute atomic E-state index is 11.5. The van der Waals surface area contributed by atoms with Crippen LogP contribution in [-0.4, -0.2) is 49.0 Å². The van der Waals surface area contributed by atoms with Crippen molar-refractivity contribution in [3.63, 3.8) is 0 Å². The van der Waals surface area contributed by atoms with E-state index in [1.54, 1.807) is 14.2 Å². The molecular formula is C13H17N3O3S. The quantitative estimate of drug-likeness (QED) is 0.620. The average molecular weight is 295 g/mol. The van der Waals surface area contributed by atoms with E-state index in [0.717, 1.165) is 21.9 Å². The van der Waals surface area contributed by atoms with Crippen molar-refractivity contribution in [3.05, 3.63) is 18.2 Å². The molecule has 6 nitrogen and oxygen atoms in total. The molecule has 0 aliphatic heterocycles. The van der Waals surface area contributed by atoms with Crippen molar-refractivity contribution >= 4 is 28.8 Å². The van der Waals surface area contributed by atoms with Gasteiger partial charge in [0.1, 0.15) is 11.8 Å². The van der Waals surface area contributed by atoms with Gasteiger partial charge in [-0.2, -0.15) is 0 Å². The van der Waals surface area contributed by atoms with E-state index in [4.69, 9.17) is 9.47 Å².